The first-order valence-corrected chi connectivity index (χ1v) is 8.73. The Hall–Kier alpha value is -2.93. The highest BCUT2D eigenvalue weighted by Gasteiger charge is 2.15. The predicted molar refractivity (Wildman–Crippen MR) is 108 cm³/mol. The van der Waals surface area contributed by atoms with Gasteiger partial charge in [0.2, 0.25) is 5.58 Å². The number of halogens is 1. The van der Waals surface area contributed by atoms with E-state index in [9.17, 15) is 4.79 Å². The molecule has 0 aliphatic carbocycles. The number of anilines is 1. The molecule has 2 heterocycles. The van der Waals surface area contributed by atoms with Gasteiger partial charge in [-0.15, -0.1) is 0 Å². The maximum absolute atomic E-state index is 12.5. The zero-order chi connectivity index (χ0) is 18.4. The van der Waals surface area contributed by atoms with Crippen LogP contribution in [0.25, 0.3) is 33.5 Å². The molecule has 0 unspecified atom stereocenters. The number of benzene rings is 2. The van der Waals surface area contributed by atoms with Crippen LogP contribution in [0, 0.1) is 0 Å². The van der Waals surface area contributed by atoms with Gasteiger partial charge in [-0.3, -0.25) is 9.79 Å². The van der Waals surface area contributed by atoms with E-state index in [1.807, 2.05) is 37.3 Å². The average molecular weight is 411 g/mol. The Morgan fingerprint density at radius 2 is 2.08 bits per heavy atom. The number of H-pyrrole nitrogens is 1. The summed E-state index contributed by atoms with van der Waals surface area (Å²) in [5.41, 5.74) is 10.1. The van der Waals surface area contributed by atoms with Gasteiger partial charge in [-0.25, -0.2) is 4.98 Å². The maximum atomic E-state index is 12.5. The van der Waals surface area contributed by atoms with E-state index in [-0.39, 0.29) is 11.1 Å². The number of furan rings is 1. The van der Waals surface area contributed by atoms with Gasteiger partial charge in [0.1, 0.15) is 16.9 Å². The van der Waals surface area contributed by atoms with E-state index >= 15 is 0 Å². The van der Waals surface area contributed by atoms with Crippen LogP contribution >= 0.6 is 15.9 Å². The normalized spacial score (nSPS) is 12.2. The summed E-state index contributed by atoms with van der Waals surface area (Å²) in [6, 6.07) is 11.0. The Kier molecular flexibility index (Phi) is 3.88. The molecule has 2 aromatic carbocycles. The average Bonchev–Trinajstić information content (AvgIpc) is 3.00. The summed E-state index contributed by atoms with van der Waals surface area (Å²) in [6.07, 6.45) is 0. The fourth-order valence-electron chi connectivity index (χ4n) is 2.90. The topological polar surface area (TPSA) is 97.3 Å². The molecule has 0 fully saturated rings. The highest BCUT2D eigenvalue weighted by Crippen LogP contribution is 2.29. The van der Waals surface area contributed by atoms with Gasteiger partial charge in [-0.2, -0.15) is 0 Å². The number of rotatable bonds is 2. The lowest BCUT2D eigenvalue weighted by Crippen LogP contribution is -2.09. The Bertz CT molecular complexity index is 1250. The first kappa shape index (κ1) is 16.5. The molecule has 0 aliphatic heterocycles. The molecule has 2 aromatic heterocycles. The van der Waals surface area contributed by atoms with Crippen LogP contribution in [-0.2, 0) is 0 Å². The van der Waals surface area contributed by atoms with Gasteiger partial charge in [-0.1, -0.05) is 15.9 Å². The maximum Gasteiger partial charge on any atom is 0.294 e. The van der Waals surface area contributed by atoms with Gasteiger partial charge in [0.15, 0.2) is 0 Å². The van der Waals surface area contributed by atoms with E-state index in [4.69, 9.17) is 10.2 Å². The second-order valence-electron chi connectivity index (χ2n) is 5.95. The molecule has 0 bridgehead atoms. The quantitative estimate of drug-likeness (QED) is 0.383. The minimum atomic E-state index is -0.323. The van der Waals surface area contributed by atoms with Gasteiger partial charge in [0.05, 0.1) is 0 Å². The number of nitrogens with two attached hydrogens (primary N) is 1. The van der Waals surface area contributed by atoms with Crippen LogP contribution in [0.2, 0.25) is 0 Å². The Morgan fingerprint density at radius 3 is 2.85 bits per heavy atom. The minimum Gasteiger partial charge on any atom is -0.449 e. The number of hydrogen-bond donors (Lipinski definition) is 2. The van der Waals surface area contributed by atoms with E-state index in [2.05, 4.69) is 30.9 Å². The summed E-state index contributed by atoms with van der Waals surface area (Å²) >= 11 is 3.44. The van der Waals surface area contributed by atoms with Gasteiger partial charge in [-0.05, 0) is 43.3 Å². The van der Waals surface area contributed by atoms with Crippen molar-refractivity contribution in [2.24, 2.45) is 4.99 Å². The molecule has 0 radical (unpaired) electrons. The summed E-state index contributed by atoms with van der Waals surface area (Å²) in [5.74, 6) is 0.454. The molecule has 0 spiro atoms. The second-order valence-corrected chi connectivity index (χ2v) is 6.86. The van der Waals surface area contributed by atoms with Crippen molar-refractivity contribution in [2.75, 3.05) is 12.8 Å². The SMILES string of the molecule is C/N=C(/C)c1cc(-c2nc3c(oc4ccc(Br)cc43)c(=O)[nH]2)ccc1N. The molecular formula is C19H15BrN4O2. The van der Waals surface area contributed by atoms with E-state index < -0.39 is 0 Å². The lowest BCUT2D eigenvalue weighted by Gasteiger charge is -2.08. The second kappa shape index (κ2) is 6.10. The number of aromatic amines is 1. The molecule has 6 nitrogen and oxygen atoms in total. The number of nitrogen functional groups attached to an aromatic ring is 1. The van der Waals surface area contributed by atoms with Crippen LogP contribution in [0.4, 0.5) is 5.69 Å². The van der Waals surface area contributed by atoms with Crippen molar-refractivity contribution < 1.29 is 4.42 Å². The van der Waals surface area contributed by atoms with E-state index in [0.29, 0.717) is 22.6 Å². The Balaban J connectivity index is 1.99. The highest BCUT2D eigenvalue weighted by atomic mass is 79.9. The molecule has 0 saturated carbocycles. The lowest BCUT2D eigenvalue weighted by atomic mass is 10.0. The fraction of sp³-hybridized carbons (Fsp3) is 0.105. The van der Waals surface area contributed by atoms with Crippen molar-refractivity contribution in [3.63, 3.8) is 0 Å². The van der Waals surface area contributed by atoms with Crippen LogP contribution < -0.4 is 11.3 Å². The first-order chi connectivity index (χ1) is 12.5. The van der Waals surface area contributed by atoms with E-state index in [1.54, 1.807) is 13.1 Å². The summed E-state index contributed by atoms with van der Waals surface area (Å²) in [7, 11) is 1.71. The van der Waals surface area contributed by atoms with Crippen LogP contribution in [0.5, 0.6) is 0 Å². The third-order valence-corrected chi connectivity index (χ3v) is 4.83. The molecule has 4 rings (SSSR count). The van der Waals surface area contributed by atoms with Crippen molar-refractivity contribution in [3.05, 3.63) is 56.8 Å². The number of fused-ring (bicyclic) bond motifs is 3. The minimum absolute atomic E-state index is 0.212. The molecule has 0 saturated heterocycles. The molecule has 130 valence electrons. The zero-order valence-electron chi connectivity index (χ0n) is 14.1. The molecule has 0 atom stereocenters. The van der Waals surface area contributed by atoms with E-state index in [1.165, 1.54) is 0 Å². The molecule has 7 heteroatoms. The van der Waals surface area contributed by atoms with Crippen molar-refractivity contribution in [1.82, 2.24) is 9.97 Å². The van der Waals surface area contributed by atoms with Gasteiger partial charge in [0, 0.05) is 39.4 Å². The number of aliphatic imine (C=N–C) groups is 1. The monoisotopic (exact) mass is 410 g/mol. The van der Waals surface area contributed by atoms with Crippen LogP contribution in [0.15, 0.2) is 55.1 Å². The summed E-state index contributed by atoms with van der Waals surface area (Å²) in [4.78, 5) is 24.1. The smallest absolute Gasteiger partial charge is 0.294 e. The molecule has 4 aromatic rings. The lowest BCUT2D eigenvalue weighted by molar-refractivity contribution is 0.661. The van der Waals surface area contributed by atoms with Crippen molar-refractivity contribution >= 4 is 49.4 Å². The summed E-state index contributed by atoms with van der Waals surface area (Å²) < 4.78 is 6.55. The third kappa shape index (κ3) is 2.61. The van der Waals surface area contributed by atoms with Gasteiger partial charge < -0.3 is 15.1 Å². The third-order valence-electron chi connectivity index (χ3n) is 4.34. The number of nitrogens with zero attached hydrogens (tertiary/aromatic N) is 2. The van der Waals surface area contributed by atoms with Crippen molar-refractivity contribution in [3.8, 4) is 11.4 Å². The van der Waals surface area contributed by atoms with Crippen LogP contribution in [0.3, 0.4) is 0 Å². The number of hydrogen-bond acceptors (Lipinski definition) is 5. The van der Waals surface area contributed by atoms with E-state index in [0.717, 1.165) is 26.7 Å². The molecule has 3 N–H and O–H groups in total. The largest absolute Gasteiger partial charge is 0.449 e. The predicted octanol–water partition coefficient (Wildman–Crippen LogP) is 4.12. The zero-order valence-corrected chi connectivity index (χ0v) is 15.7. The fourth-order valence-corrected chi connectivity index (χ4v) is 3.26. The van der Waals surface area contributed by atoms with Crippen LogP contribution in [0.1, 0.15) is 12.5 Å². The standard InChI is InChI=1S/C19H15BrN4O2/c1-9(22-2)12-7-10(3-5-14(12)21)18-23-16-13-8-11(20)4-6-15(13)26-17(16)19(25)24-18/h3-8H,21H2,1-2H3,(H,23,24,25)/b22-9-. The molecule has 0 amide bonds. The summed E-state index contributed by atoms with van der Waals surface area (Å²) in [6.45, 7) is 1.88. The molecule has 26 heavy (non-hydrogen) atoms. The molecule has 0 aliphatic rings. The molecular weight excluding hydrogens is 396 g/mol. The van der Waals surface area contributed by atoms with Gasteiger partial charge >= 0.3 is 0 Å². The number of aromatic nitrogens is 2. The highest BCUT2D eigenvalue weighted by molar-refractivity contribution is 9.10. The Labute approximate surface area is 156 Å². The van der Waals surface area contributed by atoms with Crippen molar-refractivity contribution in [1.29, 1.82) is 0 Å². The number of nitrogens with one attached hydrogen (secondary N) is 1. The van der Waals surface area contributed by atoms with Crippen molar-refractivity contribution in [2.45, 2.75) is 6.92 Å². The summed E-state index contributed by atoms with van der Waals surface area (Å²) in [5, 5.41) is 0.781. The van der Waals surface area contributed by atoms with Crippen LogP contribution in [-0.4, -0.2) is 22.7 Å². The Morgan fingerprint density at radius 1 is 1.27 bits per heavy atom. The first-order valence-electron chi connectivity index (χ1n) is 7.93. The van der Waals surface area contributed by atoms with Gasteiger partial charge in [0.25, 0.3) is 5.56 Å².